The Labute approximate surface area is 239 Å². The van der Waals surface area contributed by atoms with Crippen LogP contribution in [-0.2, 0) is 0 Å². The number of H-pyrrole nitrogens is 2. The molecule has 41 heavy (non-hydrogen) atoms. The molecule has 0 unspecified atom stereocenters. The maximum absolute atomic E-state index is 12.5. The van der Waals surface area contributed by atoms with Crippen molar-refractivity contribution >= 4 is 41.1 Å². The highest BCUT2D eigenvalue weighted by Gasteiger charge is 2.13. The Bertz CT molecular complexity index is 1730. The molecule has 11 heteroatoms. The highest BCUT2D eigenvalue weighted by Crippen LogP contribution is 2.28. The van der Waals surface area contributed by atoms with Gasteiger partial charge in [-0.3, -0.25) is 9.97 Å². The molecule has 0 atom stereocenters. The Hall–Kier alpha value is -5.48. The first kappa shape index (κ1) is 27.1. The molecule has 0 aliphatic rings. The van der Waals surface area contributed by atoms with Crippen LogP contribution >= 0.6 is 11.6 Å². The van der Waals surface area contributed by atoms with Crippen LogP contribution in [0.15, 0.2) is 118 Å². The Morgan fingerprint density at radius 3 is 2.22 bits per heavy atom. The summed E-state index contributed by atoms with van der Waals surface area (Å²) in [7, 11) is 1.49. The minimum absolute atomic E-state index is 0.269. The predicted octanol–water partition coefficient (Wildman–Crippen LogP) is 5.53. The third kappa shape index (κ3) is 7.55. The second-order valence-corrected chi connectivity index (χ2v) is 8.89. The first-order valence-electron chi connectivity index (χ1n) is 12.4. The molecular formula is C30H24ClN7O3. The lowest BCUT2D eigenvalue weighted by atomic mass is 10.2. The van der Waals surface area contributed by atoms with Crippen LogP contribution in [0.5, 0.6) is 11.5 Å². The molecule has 4 aromatic carbocycles. The molecular weight excluding hydrogens is 542 g/mol. The summed E-state index contributed by atoms with van der Waals surface area (Å²) in [6, 6.07) is 30.4. The van der Waals surface area contributed by atoms with E-state index in [9.17, 15) is 4.79 Å². The fourth-order valence-corrected chi connectivity index (χ4v) is 3.72. The number of ether oxygens (including phenoxy) is 2. The van der Waals surface area contributed by atoms with Gasteiger partial charge in [-0.1, -0.05) is 48.0 Å². The fraction of sp³-hybridized carbons (Fsp3) is 0.0333. The predicted molar refractivity (Wildman–Crippen MR) is 157 cm³/mol. The van der Waals surface area contributed by atoms with Gasteiger partial charge in [0, 0.05) is 5.02 Å². The minimum Gasteiger partial charge on any atom is -0.493 e. The van der Waals surface area contributed by atoms with Crippen LogP contribution in [0, 0.1) is 0 Å². The zero-order valence-corrected chi connectivity index (χ0v) is 22.5. The van der Waals surface area contributed by atoms with Gasteiger partial charge in [0.1, 0.15) is 0 Å². The van der Waals surface area contributed by atoms with E-state index in [1.807, 2.05) is 60.7 Å². The molecule has 204 valence electrons. The number of esters is 1. The van der Waals surface area contributed by atoms with E-state index in [1.165, 1.54) is 7.11 Å². The summed E-state index contributed by atoms with van der Waals surface area (Å²) in [6.07, 6.45) is 1.57. The average Bonchev–Trinajstić information content (AvgIpc) is 2.99. The van der Waals surface area contributed by atoms with Crippen molar-refractivity contribution in [1.82, 2.24) is 15.0 Å². The molecule has 0 saturated heterocycles. The zero-order chi connectivity index (χ0) is 28.4. The summed E-state index contributed by atoms with van der Waals surface area (Å²) in [6.45, 7) is 0. The highest BCUT2D eigenvalue weighted by molar-refractivity contribution is 6.30. The first-order valence-corrected chi connectivity index (χ1v) is 12.8. The quantitative estimate of drug-likeness (QED) is 0.0986. The van der Waals surface area contributed by atoms with Crippen LogP contribution in [0.3, 0.4) is 0 Å². The van der Waals surface area contributed by atoms with E-state index in [2.05, 4.69) is 35.5 Å². The molecule has 0 saturated carbocycles. The molecule has 0 aliphatic heterocycles. The Balaban J connectivity index is 1.37. The number of carbonyl (C=O) groups is 1. The number of hydrogen-bond acceptors (Lipinski definition) is 8. The largest absolute Gasteiger partial charge is 0.493 e. The van der Waals surface area contributed by atoms with Crippen molar-refractivity contribution in [2.75, 3.05) is 12.5 Å². The van der Waals surface area contributed by atoms with Gasteiger partial charge in [0.2, 0.25) is 17.2 Å². The highest BCUT2D eigenvalue weighted by atomic mass is 35.5. The number of anilines is 1. The first-order chi connectivity index (χ1) is 20.1. The van der Waals surface area contributed by atoms with E-state index >= 15 is 0 Å². The van der Waals surface area contributed by atoms with Gasteiger partial charge in [0.15, 0.2) is 11.5 Å². The lowest BCUT2D eigenvalue weighted by Crippen LogP contribution is -2.28. The summed E-state index contributed by atoms with van der Waals surface area (Å²) in [4.78, 5) is 32.3. The van der Waals surface area contributed by atoms with Crippen LogP contribution < -0.4 is 26.1 Å². The van der Waals surface area contributed by atoms with Gasteiger partial charge in [0.25, 0.3) is 0 Å². The van der Waals surface area contributed by atoms with Crippen LogP contribution in [0.4, 0.5) is 17.3 Å². The third-order valence-electron chi connectivity index (χ3n) is 5.53. The number of aromatic amines is 2. The lowest BCUT2D eigenvalue weighted by Gasteiger charge is -2.10. The van der Waals surface area contributed by atoms with Gasteiger partial charge in [-0.15, -0.1) is 0 Å². The lowest BCUT2D eigenvalue weighted by molar-refractivity contribution is 0.0729. The van der Waals surface area contributed by atoms with Crippen LogP contribution in [0.25, 0.3) is 0 Å². The average molecular weight is 566 g/mol. The summed E-state index contributed by atoms with van der Waals surface area (Å²) < 4.78 is 10.9. The summed E-state index contributed by atoms with van der Waals surface area (Å²) >= 11 is 5.90. The number of nitrogens with one attached hydrogen (secondary N) is 3. The van der Waals surface area contributed by atoms with E-state index in [0.717, 1.165) is 11.4 Å². The molecule has 5 aromatic rings. The minimum atomic E-state index is -0.529. The van der Waals surface area contributed by atoms with Crippen LogP contribution in [-0.4, -0.2) is 34.2 Å². The summed E-state index contributed by atoms with van der Waals surface area (Å²) in [5.74, 6) is 0.414. The topological polar surface area (TPSA) is 129 Å². The third-order valence-corrected chi connectivity index (χ3v) is 5.78. The van der Waals surface area contributed by atoms with Crippen molar-refractivity contribution in [2.45, 2.75) is 0 Å². The molecule has 0 fully saturated rings. The van der Waals surface area contributed by atoms with Gasteiger partial charge < -0.3 is 9.47 Å². The standard InChI is InChI=1S/C30H24ClN7O3/c1-40-26-18-20(12-17-25(26)41-27(39)21-13-15-22(31)16-14-21)19-32-38-30-36-28(33-23-8-4-2-5-9-23)35-29(37-30)34-24-10-6-3-7-11-24/h2-19H,1H3,(H3,33,34,35,36,37,38)/b32-19-. The summed E-state index contributed by atoms with van der Waals surface area (Å²) in [5, 5.41) is 4.82. The Morgan fingerprint density at radius 1 is 0.854 bits per heavy atom. The van der Waals surface area contributed by atoms with Crippen molar-refractivity contribution in [3.05, 3.63) is 131 Å². The van der Waals surface area contributed by atoms with Crippen molar-refractivity contribution in [3.8, 4) is 11.5 Å². The monoisotopic (exact) mass is 565 g/mol. The van der Waals surface area contributed by atoms with Crippen molar-refractivity contribution in [3.63, 3.8) is 0 Å². The second kappa shape index (κ2) is 13.0. The van der Waals surface area contributed by atoms with E-state index in [0.29, 0.717) is 39.1 Å². The maximum atomic E-state index is 12.5. The van der Waals surface area contributed by atoms with Crippen molar-refractivity contribution in [1.29, 1.82) is 0 Å². The smallest absolute Gasteiger partial charge is 0.343 e. The molecule has 10 nitrogen and oxygen atoms in total. The van der Waals surface area contributed by atoms with Gasteiger partial charge in [0.05, 0.1) is 30.3 Å². The van der Waals surface area contributed by atoms with Gasteiger partial charge in [-0.05, 0) is 72.3 Å². The number of benzene rings is 4. The molecule has 0 aliphatic carbocycles. The zero-order valence-electron chi connectivity index (χ0n) is 21.8. The number of hydrogen-bond donors (Lipinski definition) is 3. The maximum Gasteiger partial charge on any atom is 0.343 e. The molecule has 3 N–H and O–H groups in total. The Kier molecular flexibility index (Phi) is 8.63. The number of hydrazone groups is 1. The number of nitrogens with zero attached hydrogens (tertiary/aromatic N) is 4. The normalized spacial score (nSPS) is 12.0. The number of carbonyl (C=O) groups excluding carboxylic acids is 1. The molecule has 0 radical (unpaired) electrons. The van der Waals surface area contributed by atoms with Gasteiger partial charge >= 0.3 is 5.97 Å². The van der Waals surface area contributed by atoms with Crippen LogP contribution in [0.2, 0.25) is 5.02 Å². The van der Waals surface area contributed by atoms with Gasteiger partial charge in [-0.25, -0.2) is 20.2 Å². The van der Waals surface area contributed by atoms with Crippen LogP contribution in [0.1, 0.15) is 15.9 Å². The molecule has 0 spiro atoms. The molecule has 0 bridgehead atoms. The van der Waals surface area contributed by atoms with E-state index in [-0.39, 0.29) is 5.75 Å². The number of para-hydroxylation sites is 2. The second-order valence-electron chi connectivity index (χ2n) is 8.45. The summed E-state index contributed by atoms with van der Waals surface area (Å²) in [5.41, 5.74) is 6.16. The Morgan fingerprint density at radius 2 is 1.54 bits per heavy atom. The SMILES string of the molecule is COc1cc(/C=N\Nc2nc(=Nc3ccccc3)[nH]c(=Nc3ccccc3)[nH]2)ccc1OC(=O)c1ccc(Cl)cc1. The van der Waals surface area contributed by atoms with Crippen molar-refractivity contribution in [2.24, 2.45) is 15.1 Å². The number of rotatable bonds is 8. The fourth-order valence-electron chi connectivity index (χ4n) is 3.59. The van der Waals surface area contributed by atoms with Crippen molar-refractivity contribution < 1.29 is 14.3 Å². The number of aromatic nitrogens is 3. The number of methoxy groups -OCH3 is 1. The van der Waals surface area contributed by atoms with E-state index < -0.39 is 5.97 Å². The van der Waals surface area contributed by atoms with Gasteiger partial charge in [-0.2, -0.15) is 10.1 Å². The molecule has 1 heterocycles. The molecule has 0 amide bonds. The van der Waals surface area contributed by atoms with E-state index in [4.69, 9.17) is 21.1 Å². The molecule has 1 aromatic heterocycles. The number of halogens is 1. The van der Waals surface area contributed by atoms with E-state index in [1.54, 1.807) is 48.7 Å². The molecule has 5 rings (SSSR count).